The summed E-state index contributed by atoms with van der Waals surface area (Å²) in [5, 5.41) is 11.3. The summed E-state index contributed by atoms with van der Waals surface area (Å²) in [6.45, 7) is 6.20. The molecule has 5 nitrogen and oxygen atoms in total. The first kappa shape index (κ1) is 20.7. The molecule has 0 spiro atoms. The van der Waals surface area contributed by atoms with E-state index in [0.29, 0.717) is 17.9 Å². The molecule has 1 aromatic heterocycles. The lowest BCUT2D eigenvalue weighted by molar-refractivity contribution is 0.00796. The van der Waals surface area contributed by atoms with Gasteiger partial charge in [-0.3, -0.25) is 14.9 Å². The Morgan fingerprint density at radius 2 is 2.12 bits per heavy atom. The van der Waals surface area contributed by atoms with E-state index in [9.17, 15) is 5.11 Å². The highest BCUT2D eigenvalue weighted by atomic mass is 16.5. The van der Waals surface area contributed by atoms with Crippen molar-refractivity contribution in [1.29, 1.82) is 0 Å². The fourth-order valence-electron chi connectivity index (χ4n) is 5.38. The van der Waals surface area contributed by atoms with Gasteiger partial charge in [0.1, 0.15) is 11.5 Å². The Morgan fingerprint density at radius 1 is 1.25 bits per heavy atom. The van der Waals surface area contributed by atoms with Crippen molar-refractivity contribution in [2.75, 3.05) is 20.2 Å². The Kier molecular flexibility index (Phi) is 5.66. The van der Waals surface area contributed by atoms with Crippen molar-refractivity contribution in [3.63, 3.8) is 0 Å². The van der Waals surface area contributed by atoms with Crippen LogP contribution in [0, 0.1) is 11.8 Å². The van der Waals surface area contributed by atoms with E-state index < -0.39 is 0 Å². The van der Waals surface area contributed by atoms with E-state index in [4.69, 9.17) is 9.73 Å². The zero-order chi connectivity index (χ0) is 22.1. The van der Waals surface area contributed by atoms with Gasteiger partial charge >= 0.3 is 0 Å². The number of fused-ring (bicyclic) bond motifs is 4. The summed E-state index contributed by atoms with van der Waals surface area (Å²) in [6, 6.07) is 15.7. The molecule has 3 fully saturated rings. The van der Waals surface area contributed by atoms with Crippen LogP contribution in [-0.4, -0.2) is 47.4 Å². The molecule has 0 aliphatic carbocycles. The summed E-state index contributed by atoms with van der Waals surface area (Å²) in [7, 11) is 1.69. The van der Waals surface area contributed by atoms with Gasteiger partial charge in [0.2, 0.25) is 0 Å². The second-order valence-corrected chi connectivity index (χ2v) is 8.81. The average molecular weight is 428 g/mol. The number of hydrogen-bond acceptors (Lipinski definition) is 5. The third-order valence-corrected chi connectivity index (χ3v) is 7.13. The maximum Gasteiger partial charge on any atom is 0.124 e. The van der Waals surface area contributed by atoms with Crippen molar-refractivity contribution >= 4 is 17.1 Å². The van der Waals surface area contributed by atoms with Crippen molar-refractivity contribution in [2.24, 2.45) is 16.8 Å². The maximum atomic E-state index is 10.3. The second kappa shape index (κ2) is 8.75. The fourth-order valence-corrected chi connectivity index (χ4v) is 5.38. The van der Waals surface area contributed by atoms with Crippen molar-refractivity contribution in [1.82, 2.24) is 9.88 Å². The molecule has 2 aromatic carbocycles. The molecular formula is C27H29N3O2. The van der Waals surface area contributed by atoms with Gasteiger partial charge < -0.3 is 9.84 Å². The summed E-state index contributed by atoms with van der Waals surface area (Å²) in [5.41, 5.74) is 2.81. The van der Waals surface area contributed by atoms with Crippen LogP contribution < -0.4 is 4.74 Å². The number of hydrogen-bond donors (Lipinski definition) is 1. The van der Waals surface area contributed by atoms with Gasteiger partial charge in [-0.2, -0.15) is 0 Å². The molecule has 6 rings (SSSR count). The van der Waals surface area contributed by atoms with Gasteiger partial charge in [-0.1, -0.05) is 18.2 Å². The monoisotopic (exact) mass is 427 g/mol. The van der Waals surface area contributed by atoms with Gasteiger partial charge in [0.25, 0.3) is 0 Å². The molecule has 3 unspecified atom stereocenters. The quantitative estimate of drug-likeness (QED) is 0.444. The highest BCUT2D eigenvalue weighted by molar-refractivity contribution is 5.86. The van der Waals surface area contributed by atoms with E-state index in [2.05, 4.69) is 34.7 Å². The van der Waals surface area contributed by atoms with E-state index in [1.54, 1.807) is 13.2 Å². The predicted molar refractivity (Wildman–Crippen MR) is 129 cm³/mol. The van der Waals surface area contributed by atoms with Crippen LogP contribution in [0.15, 0.2) is 72.4 Å². The summed E-state index contributed by atoms with van der Waals surface area (Å²) in [5.74, 6) is 2.26. The van der Waals surface area contributed by atoms with Gasteiger partial charge in [0.05, 0.1) is 18.7 Å². The predicted octanol–water partition coefficient (Wildman–Crippen LogP) is 5.01. The molecule has 3 aliphatic rings. The molecule has 5 atom stereocenters. The molecule has 32 heavy (non-hydrogen) atoms. The van der Waals surface area contributed by atoms with Crippen LogP contribution in [0.2, 0.25) is 0 Å². The standard InChI is InChI=1S/C27H29N3O2/c1-3-18-17-30-13-11-19(18)14-25(30)27(29-16-20-6-4-5-7-26(20)31)22-10-12-28-24-9-8-21(32-2)15-23(22)24/h3-10,12,15-16,18-19,25,27,31H,1,11,13-14,17H2,2H3/t18?,19?,25-,27-/m0/s1. The van der Waals surface area contributed by atoms with Crippen molar-refractivity contribution in [2.45, 2.75) is 24.9 Å². The Bertz CT molecular complexity index is 1160. The zero-order valence-corrected chi connectivity index (χ0v) is 18.4. The second-order valence-electron chi connectivity index (χ2n) is 8.81. The molecule has 4 heterocycles. The first-order valence-electron chi connectivity index (χ1n) is 11.3. The Balaban J connectivity index is 1.60. The summed E-state index contributed by atoms with van der Waals surface area (Å²) in [4.78, 5) is 12.3. The fraction of sp³-hybridized carbons (Fsp3) is 0.333. The van der Waals surface area contributed by atoms with Crippen LogP contribution in [-0.2, 0) is 0 Å². The lowest BCUT2D eigenvalue weighted by atomic mass is 9.73. The number of piperidine rings is 3. The number of nitrogens with zero attached hydrogens (tertiary/aromatic N) is 3. The number of aliphatic imine (C=N–C) groups is 1. The number of phenolic OH excluding ortho intramolecular Hbond substituents is 1. The molecular weight excluding hydrogens is 398 g/mol. The van der Waals surface area contributed by atoms with E-state index in [-0.39, 0.29) is 11.8 Å². The molecule has 0 amide bonds. The van der Waals surface area contributed by atoms with E-state index >= 15 is 0 Å². The summed E-state index contributed by atoms with van der Waals surface area (Å²) < 4.78 is 5.50. The van der Waals surface area contributed by atoms with E-state index in [0.717, 1.165) is 47.3 Å². The van der Waals surface area contributed by atoms with Gasteiger partial charge in [-0.25, -0.2) is 0 Å². The van der Waals surface area contributed by atoms with Crippen molar-refractivity contribution in [3.8, 4) is 11.5 Å². The molecule has 0 saturated carbocycles. The minimum atomic E-state index is -0.0687. The van der Waals surface area contributed by atoms with Crippen molar-refractivity contribution < 1.29 is 9.84 Å². The Hall–Kier alpha value is -3.18. The first-order chi connectivity index (χ1) is 15.7. The summed E-state index contributed by atoms with van der Waals surface area (Å²) >= 11 is 0. The summed E-state index contributed by atoms with van der Waals surface area (Å²) in [6.07, 6.45) is 8.12. The first-order valence-corrected chi connectivity index (χ1v) is 11.3. The number of phenols is 1. The van der Waals surface area contributed by atoms with Gasteiger partial charge in [0, 0.05) is 35.9 Å². The number of benzene rings is 2. The van der Waals surface area contributed by atoms with Crippen LogP contribution in [0.25, 0.3) is 10.9 Å². The molecule has 3 aromatic rings. The SMILES string of the molecule is C=CC1CN2CCC1C[C@H]2[C@@H](N=Cc1ccccc1O)c1ccnc2ccc(OC)cc12. The number of pyridine rings is 1. The number of aromatic hydroxyl groups is 1. The molecule has 164 valence electrons. The zero-order valence-electron chi connectivity index (χ0n) is 18.4. The van der Waals surface area contributed by atoms with Crippen LogP contribution in [0.4, 0.5) is 0 Å². The number of ether oxygens (including phenoxy) is 1. The minimum Gasteiger partial charge on any atom is -0.507 e. The van der Waals surface area contributed by atoms with Crippen molar-refractivity contribution in [3.05, 3.63) is 78.5 Å². The minimum absolute atomic E-state index is 0.0687. The molecule has 3 aliphatic heterocycles. The van der Waals surface area contributed by atoms with Gasteiger partial charge in [-0.15, -0.1) is 6.58 Å². The highest BCUT2D eigenvalue weighted by Crippen LogP contribution is 2.43. The Morgan fingerprint density at radius 3 is 2.88 bits per heavy atom. The molecule has 2 bridgehead atoms. The van der Waals surface area contributed by atoms with Gasteiger partial charge in [0.15, 0.2) is 0 Å². The lowest BCUT2D eigenvalue weighted by Crippen LogP contribution is -2.54. The number of rotatable bonds is 6. The van der Waals surface area contributed by atoms with E-state index in [1.807, 2.05) is 42.7 Å². The number of aromatic nitrogens is 1. The Labute approximate surface area is 189 Å². The third kappa shape index (κ3) is 3.78. The smallest absolute Gasteiger partial charge is 0.124 e. The molecule has 1 N–H and O–H groups in total. The van der Waals surface area contributed by atoms with E-state index in [1.165, 1.54) is 6.42 Å². The largest absolute Gasteiger partial charge is 0.507 e. The molecule has 3 saturated heterocycles. The van der Waals surface area contributed by atoms with Crippen LogP contribution in [0.3, 0.4) is 0 Å². The third-order valence-electron chi connectivity index (χ3n) is 7.13. The molecule has 5 heteroatoms. The van der Waals surface area contributed by atoms with Crippen LogP contribution in [0.5, 0.6) is 11.5 Å². The van der Waals surface area contributed by atoms with Crippen LogP contribution in [0.1, 0.15) is 30.0 Å². The van der Waals surface area contributed by atoms with Crippen LogP contribution >= 0.6 is 0 Å². The van der Waals surface area contributed by atoms with Gasteiger partial charge in [-0.05, 0) is 73.2 Å². The highest BCUT2D eigenvalue weighted by Gasteiger charge is 2.42. The normalized spacial score (nSPS) is 25.8. The molecule has 0 radical (unpaired) electrons. The maximum absolute atomic E-state index is 10.3. The lowest BCUT2D eigenvalue weighted by Gasteiger charge is -2.51. The average Bonchev–Trinajstić information content (AvgIpc) is 2.85. The number of para-hydroxylation sites is 1. The number of methoxy groups -OCH3 is 1. The topological polar surface area (TPSA) is 58.0 Å².